The van der Waals surface area contributed by atoms with Gasteiger partial charge in [0, 0.05) is 5.92 Å². The fraction of sp³-hybridized carbons (Fsp3) is 0.778. The summed E-state index contributed by atoms with van der Waals surface area (Å²) in [6.45, 7) is 6.01. The zero-order valence-corrected chi connectivity index (χ0v) is 8.82. The van der Waals surface area contributed by atoms with Crippen LogP contribution >= 0.6 is 11.3 Å². The topological polar surface area (TPSA) is 25.8 Å². The second-order valence-corrected chi connectivity index (χ2v) is 4.00. The Labute approximate surface area is 78.0 Å². The van der Waals surface area contributed by atoms with Crippen LogP contribution < -0.4 is 0 Å². The van der Waals surface area contributed by atoms with E-state index in [1.54, 1.807) is 11.3 Å². The highest BCUT2D eigenvalue weighted by Gasteiger charge is 2.22. The van der Waals surface area contributed by atoms with Gasteiger partial charge in [-0.15, -0.1) is 21.5 Å². The van der Waals surface area contributed by atoms with E-state index >= 15 is 0 Å². The van der Waals surface area contributed by atoms with E-state index in [0.29, 0.717) is 0 Å². The fourth-order valence-corrected chi connectivity index (χ4v) is 2.00. The molecule has 2 nitrogen and oxygen atoms in total. The SMILES string of the molecule is CC.Cc1nnc(C2CCC2)s1. The lowest BCUT2D eigenvalue weighted by Crippen LogP contribution is -2.07. The molecule has 1 aliphatic carbocycles. The smallest absolute Gasteiger partial charge is 0.120 e. The van der Waals surface area contributed by atoms with Crippen molar-refractivity contribution in [1.82, 2.24) is 10.2 Å². The van der Waals surface area contributed by atoms with Gasteiger partial charge >= 0.3 is 0 Å². The number of hydrogen-bond acceptors (Lipinski definition) is 3. The van der Waals surface area contributed by atoms with Gasteiger partial charge in [-0.05, 0) is 19.8 Å². The second-order valence-electron chi connectivity index (χ2n) is 2.79. The molecule has 2 rings (SSSR count). The molecule has 1 heterocycles. The lowest BCUT2D eigenvalue weighted by Gasteiger charge is -2.21. The fourth-order valence-electron chi connectivity index (χ4n) is 1.13. The van der Waals surface area contributed by atoms with Crippen molar-refractivity contribution in [1.29, 1.82) is 0 Å². The maximum Gasteiger partial charge on any atom is 0.120 e. The third-order valence-electron chi connectivity index (χ3n) is 2.00. The largest absolute Gasteiger partial charge is 0.144 e. The van der Waals surface area contributed by atoms with E-state index in [4.69, 9.17) is 0 Å². The molecular weight excluding hydrogens is 168 g/mol. The molecule has 68 valence electrons. The van der Waals surface area contributed by atoms with Crippen LogP contribution in [0.1, 0.15) is 49.0 Å². The van der Waals surface area contributed by atoms with Gasteiger partial charge in [0.2, 0.25) is 0 Å². The lowest BCUT2D eigenvalue weighted by atomic mass is 9.86. The van der Waals surface area contributed by atoms with Gasteiger partial charge in [-0.2, -0.15) is 0 Å². The number of aromatic nitrogens is 2. The molecule has 0 N–H and O–H groups in total. The van der Waals surface area contributed by atoms with E-state index in [0.717, 1.165) is 10.9 Å². The van der Waals surface area contributed by atoms with Gasteiger partial charge in [0.15, 0.2) is 0 Å². The van der Waals surface area contributed by atoms with Gasteiger partial charge in [0.05, 0.1) is 0 Å². The van der Waals surface area contributed by atoms with Gasteiger partial charge in [0.25, 0.3) is 0 Å². The first-order chi connectivity index (χ1) is 5.86. The Bertz CT molecular complexity index is 228. The maximum absolute atomic E-state index is 4.11. The molecule has 1 aromatic rings. The first-order valence-corrected chi connectivity index (χ1v) is 5.48. The van der Waals surface area contributed by atoms with Crippen molar-refractivity contribution in [2.45, 2.75) is 46.0 Å². The molecule has 12 heavy (non-hydrogen) atoms. The van der Waals surface area contributed by atoms with E-state index in [9.17, 15) is 0 Å². The van der Waals surface area contributed by atoms with Crippen molar-refractivity contribution in [3.63, 3.8) is 0 Å². The van der Waals surface area contributed by atoms with Crippen LogP contribution in [-0.4, -0.2) is 10.2 Å². The number of rotatable bonds is 1. The molecule has 0 saturated heterocycles. The number of aryl methyl sites for hydroxylation is 1. The van der Waals surface area contributed by atoms with Gasteiger partial charge < -0.3 is 0 Å². The van der Waals surface area contributed by atoms with Crippen LogP contribution in [0.25, 0.3) is 0 Å². The van der Waals surface area contributed by atoms with Crippen LogP contribution in [0.15, 0.2) is 0 Å². The molecule has 0 atom stereocenters. The molecule has 0 amide bonds. The normalized spacial score (nSPS) is 16.2. The summed E-state index contributed by atoms with van der Waals surface area (Å²) in [6.07, 6.45) is 4.03. The van der Waals surface area contributed by atoms with Crippen molar-refractivity contribution in [3.8, 4) is 0 Å². The summed E-state index contributed by atoms with van der Waals surface area (Å²) < 4.78 is 0. The average molecular weight is 184 g/mol. The van der Waals surface area contributed by atoms with Crippen molar-refractivity contribution < 1.29 is 0 Å². The van der Waals surface area contributed by atoms with Gasteiger partial charge in [-0.1, -0.05) is 20.3 Å². The third kappa shape index (κ3) is 2.03. The van der Waals surface area contributed by atoms with E-state index < -0.39 is 0 Å². The molecule has 1 aromatic heterocycles. The average Bonchev–Trinajstić information content (AvgIpc) is 2.37. The van der Waals surface area contributed by atoms with Gasteiger partial charge in [0.1, 0.15) is 10.0 Å². The van der Waals surface area contributed by atoms with Crippen LogP contribution in [-0.2, 0) is 0 Å². The summed E-state index contributed by atoms with van der Waals surface area (Å²) in [5.41, 5.74) is 0. The minimum Gasteiger partial charge on any atom is -0.144 e. The molecule has 0 unspecified atom stereocenters. The summed E-state index contributed by atoms with van der Waals surface area (Å²) >= 11 is 1.75. The van der Waals surface area contributed by atoms with Crippen molar-refractivity contribution >= 4 is 11.3 Å². The van der Waals surface area contributed by atoms with Crippen molar-refractivity contribution in [2.75, 3.05) is 0 Å². The first kappa shape index (κ1) is 9.65. The Morgan fingerprint density at radius 3 is 2.25 bits per heavy atom. The van der Waals surface area contributed by atoms with Gasteiger partial charge in [-0.3, -0.25) is 0 Å². The molecule has 3 heteroatoms. The highest BCUT2D eigenvalue weighted by molar-refractivity contribution is 7.11. The second kappa shape index (κ2) is 4.55. The Morgan fingerprint density at radius 1 is 1.25 bits per heavy atom. The van der Waals surface area contributed by atoms with Crippen LogP contribution in [0.2, 0.25) is 0 Å². The van der Waals surface area contributed by atoms with Crippen LogP contribution in [0.5, 0.6) is 0 Å². The zero-order chi connectivity index (χ0) is 8.97. The lowest BCUT2D eigenvalue weighted by molar-refractivity contribution is 0.416. The predicted octanol–water partition coefficient (Wildman–Crippen LogP) is 3.14. The minimum atomic E-state index is 0.756. The van der Waals surface area contributed by atoms with Crippen molar-refractivity contribution in [3.05, 3.63) is 10.0 Å². The quantitative estimate of drug-likeness (QED) is 0.670. The molecule has 0 spiro atoms. The Hall–Kier alpha value is -0.440. The highest BCUT2D eigenvalue weighted by Crippen LogP contribution is 2.37. The summed E-state index contributed by atoms with van der Waals surface area (Å²) in [7, 11) is 0. The summed E-state index contributed by atoms with van der Waals surface area (Å²) in [4.78, 5) is 0. The highest BCUT2D eigenvalue weighted by atomic mass is 32.1. The van der Waals surface area contributed by atoms with Crippen LogP contribution in [0.3, 0.4) is 0 Å². The minimum absolute atomic E-state index is 0.756. The van der Waals surface area contributed by atoms with E-state index in [2.05, 4.69) is 10.2 Å². The van der Waals surface area contributed by atoms with Gasteiger partial charge in [-0.25, -0.2) is 0 Å². The van der Waals surface area contributed by atoms with E-state index in [1.807, 2.05) is 20.8 Å². The summed E-state index contributed by atoms with van der Waals surface area (Å²) in [6, 6.07) is 0. The maximum atomic E-state index is 4.11. The molecule has 0 aromatic carbocycles. The first-order valence-electron chi connectivity index (χ1n) is 4.66. The molecule has 0 radical (unpaired) electrons. The van der Waals surface area contributed by atoms with Crippen LogP contribution in [0, 0.1) is 6.92 Å². The molecule has 1 fully saturated rings. The summed E-state index contributed by atoms with van der Waals surface area (Å²) in [5, 5.41) is 10.4. The standard InChI is InChI=1S/C7H10N2S.C2H6/c1-5-8-9-7(10-5)6-3-2-4-6;1-2/h6H,2-4H2,1H3;1-2H3. The molecule has 1 aliphatic rings. The Morgan fingerprint density at radius 2 is 1.92 bits per heavy atom. The van der Waals surface area contributed by atoms with Crippen molar-refractivity contribution in [2.24, 2.45) is 0 Å². The summed E-state index contributed by atoms with van der Waals surface area (Å²) in [5.74, 6) is 0.756. The third-order valence-corrected chi connectivity index (χ3v) is 3.00. The van der Waals surface area contributed by atoms with E-state index in [-0.39, 0.29) is 0 Å². The number of hydrogen-bond donors (Lipinski definition) is 0. The number of nitrogens with zero attached hydrogens (tertiary/aromatic N) is 2. The monoisotopic (exact) mass is 184 g/mol. The van der Waals surface area contributed by atoms with Crippen LogP contribution in [0.4, 0.5) is 0 Å². The molecule has 1 saturated carbocycles. The van der Waals surface area contributed by atoms with E-state index in [1.165, 1.54) is 24.3 Å². The molecule has 0 aliphatic heterocycles. The predicted molar refractivity (Wildman–Crippen MR) is 52.6 cm³/mol. The Kier molecular flexibility index (Phi) is 3.66. The Balaban J connectivity index is 0.000000336. The zero-order valence-electron chi connectivity index (χ0n) is 8.00. The molecular formula is C9H16N2S. The molecule has 0 bridgehead atoms.